The lowest BCUT2D eigenvalue weighted by Gasteiger charge is -2.41. The molecule has 0 nitrogen and oxygen atoms in total. The first-order valence-corrected chi connectivity index (χ1v) is 8.75. The Morgan fingerprint density at radius 3 is 0.781 bits per heavy atom. The molecule has 3 aliphatic carbocycles. The maximum atomic E-state index is 14.7. The average molecular weight is 480 g/mol. The number of rotatable bonds is 2. The summed E-state index contributed by atoms with van der Waals surface area (Å²) in [5, 5.41) is 0. The molecular weight excluding hydrogens is 468 g/mol. The number of allylic oxidation sites excluding steroid dienone is 12. The lowest BCUT2D eigenvalue weighted by Crippen LogP contribution is -2.53. The summed E-state index contributed by atoms with van der Waals surface area (Å²) in [4.78, 5) is 0. The van der Waals surface area contributed by atoms with Gasteiger partial charge in [0.1, 0.15) is 0 Å². The highest BCUT2D eigenvalue weighted by molar-refractivity contribution is 5.60. The summed E-state index contributed by atoms with van der Waals surface area (Å²) in [6, 6.07) is 0. The number of halogens is 12. The molecule has 3 aliphatic rings. The summed E-state index contributed by atoms with van der Waals surface area (Å²) < 4.78 is 171. The molecule has 0 radical (unpaired) electrons. The van der Waals surface area contributed by atoms with Crippen LogP contribution in [0.25, 0.3) is 0 Å². The Hall–Kier alpha value is -2.40. The van der Waals surface area contributed by atoms with Crippen LogP contribution in [0.15, 0.2) is 69.9 Å². The quantitative estimate of drug-likeness (QED) is 0.361. The molecule has 32 heavy (non-hydrogen) atoms. The fourth-order valence-corrected chi connectivity index (χ4v) is 3.42. The molecule has 0 fully saturated rings. The molecule has 0 heterocycles. The van der Waals surface area contributed by atoms with Gasteiger partial charge >= 0.3 is 35.5 Å². The lowest BCUT2D eigenvalue weighted by atomic mass is 9.76. The molecule has 0 spiro atoms. The van der Waals surface area contributed by atoms with Gasteiger partial charge in [-0.15, -0.1) is 0 Å². The number of alkyl halides is 12. The first-order chi connectivity index (χ1) is 14.3. The first-order valence-electron chi connectivity index (χ1n) is 8.75. The Kier molecular flexibility index (Phi) is 4.98. The van der Waals surface area contributed by atoms with E-state index in [2.05, 4.69) is 0 Å². The van der Waals surface area contributed by atoms with Crippen LogP contribution in [0.3, 0.4) is 0 Å². The molecule has 0 aromatic rings. The summed E-state index contributed by atoms with van der Waals surface area (Å²) >= 11 is 0. The van der Waals surface area contributed by atoms with Crippen molar-refractivity contribution in [1.29, 1.82) is 0 Å². The van der Waals surface area contributed by atoms with E-state index in [4.69, 9.17) is 0 Å². The van der Waals surface area contributed by atoms with Crippen molar-refractivity contribution in [1.82, 2.24) is 0 Å². The van der Waals surface area contributed by atoms with Crippen LogP contribution in [-0.2, 0) is 0 Å². The van der Waals surface area contributed by atoms with E-state index in [1.807, 2.05) is 0 Å². The summed E-state index contributed by atoms with van der Waals surface area (Å²) in [6.45, 7) is 1.13. The van der Waals surface area contributed by atoms with Gasteiger partial charge < -0.3 is 0 Å². The third-order valence-corrected chi connectivity index (χ3v) is 5.52. The van der Waals surface area contributed by atoms with Crippen LogP contribution >= 0.6 is 0 Å². The highest BCUT2D eigenvalue weighted by atomic mass is 19.3. The Balaban J connectivity index is 2.24. The summed E-state index contributed by atoms with van der Waals surface area (Å²) in [5.41, 5.74) is -11.3. The normalized spacial score (nSPS) is 29.1. The molecule has 0 saturated heterocycles. The van der Waals surface area contributed by atoms with Crippen molar-refractivity contribution in [3.8, 4) is 0 Å². The Morgan fingerprint density at radius 2 is 0.531 bits per heavy atom. The van der Waals surface area contributed by atoms with E-state index in [0.717, 1.165) is 0 Å². The van der Waals surface area contributed by atoms with Gasteiger partial charge in [-0.05, 0) is 13.8 Å². The Labute approximate surface area is 173 Å². The fourth-order valence-electron chi connectivity index (χ4n) is 3.42. The minimum atomic E-state index is -5.72. The topological polar surface area (TPSA) is 0 Å². The monoisotopic (exact) mass is 480 g/mol. The molecule has 0 aromatic heterocycles. The smallest absolute Gasteiger partial charge is 0.194 e. The van der Waals surface area contributed by atoms with E-state index in [1.165, 1.54) is 0 Å². The van der Waals surface area contributed by atoms with Gasteiger partial charge in [-0.1, -0.05) is 36.5 Å². The van der Waals surface area contributed by atoms with Crippen molar-refractivity contribution in [2.24, 2.45) is 0 Å². The SMILES string of the molecule is CC1=CC=C(C2=CC=C(C3=CC=C(C)C(F)(F)C3(F)F)C(F)(F)C2(F)F)C(F)(F)C1(F)F. The molecule has 3 rings (SSSR count). The van der Waals surface area contributed by atoms with Crippen LogP contribution in [-0.4, -0.2) is 35.5 Å². The van der Waals surface area contributed by atoms with Gasteiger partial charge in [-0.25, -0.2) is 0 Å². The van der Waals surface area contributed by atoms with Crippen molar-refractivity contribution in [2.75, 3.05) is 0 Å². The maximum absolute atomic E-state index is 14.7. The standard InChI is InChI=1S/C20H12F12/c1-9-3-5-11(17(25,26)15(9,21)22)13-7-8-14(20(31,32)19(13,29)30)12-6-4-10(2)16(23,24)18(12,27)28/h3-8H,1-2H3. The third-order valence-electron chi connectivity index (χ3n) is 5.52. The number of hydrogen-bond donors (Lipinski definition) is 0. The summed E-state index contributed by atoms with van der Waals surface area (Å²) in [6.07, 6.45) is 0.501. The highest BCUT2D eigenvalue weighted by Crippen LogP contribution is 2.59. The van der Waals surface area contributed by atoms with Gasteiger partial charge in [-0.2, -0.15) is 52.7 Å². The average Bonchev–Trinajstić information content (AvgIpc) is 2.63. The lowest BCUT2D eigenvalue weighted by molar-refractivity contribution is -0.186. The zero-order valence-electron chi connectivity index (χ0n) is 16.0. The molecule has 0 bridgehead atoms. The highest BCUT2D eigenvalue weighted by Gasteiger charge is 2.71. The molecule has 12 heteroatoms. The Bertz CT molecular complexity index is 960. The minimum absolute atomic E-state index is 0.0934. The van der Waals surface area contributed by atoms with Gasteiger partial charge in [0.2, 0.25) is 0 Å². The zero-order valence-corrected chi connectivity index (χ0v) is 16.0. The van der Waals surface area contributed by atoms with E-state index in [1.54, 1.807) is 0 Å². The predicted octanol–water partition coefficient (Wildman–Crippen LogP) is 7.44. The van der Waals surface area contributed by atoms with Crippen molar-refractivity contribution in [2.45, 2.75) is 49.4 Å². The molecular formula is C20H12F12. The van der Waals surface area contributed by atoms with Crippen molar-refractivity contribution < 1.29 is 52.7 Å². The van der Waals surface area contributed by atoms with Crippen LogP contribution in [0.4, 0.5) is 52.7 Å². The zero-order chi connectivity index (χ0) is 24.7. The second kappa shape index (κ2) is 6.57. The van der Waals surface area contributed by atoms with Crippen LogP contribution in [0.1, 0.15) is 13.8 Å². The van der Waals surface area contributed by atoms with E-state index < -0.39 is 69.0 Å². The van der Waals surface area contributed by atoms with E-state index in [9.17, 15) is 52.7 Å². The van der Waals surface area contributed by atoms with Crippen LogP contribution in [0.2, 0.25) is 0 Å². The summed E-state index contributed by atoms with van der Waals surface area (Å²) in [7, 11) is 0. The third kappa shape index (κ3) is 2.79. The van der Waals surface area contributed by atoms with Crippen LogP contribution in [0.5, 0.6) is 0 Å². The van der Waals surface area contributed by atoms with Gasteiger partial charge in [0.25, 0.3) is 0 Å². The van der Waals surface area contributed by atoms with Crippen molar-refractivity contribution in [3.63, 3.8) is 0 Å². The first kappa shape index (κ1) is 24.2. The second-order valence-corrected chi connectivity index (χ2v) is 7.47. The molecule has 0 N–H and O–H groups in total. The van der Waals surface area contributed by atoms with Gasteiger partial charge in [-0.3, -0.25) is 0 Å². The van der Waals surface area contributed by atoms with E-state index in [-0.39, 0.29) is 24.3 Å². The molecule has 0 unspecified atom stereocenters. The Morgan fingerprint density at radius 1 is 0.344 bits per heavy atom. The minimum Gasteiger partial charge on any atom is -0.194 e. The maximum Gasteiger partial charge on any atom is 0.340 e. The van der Waals surface area contributed by atoms with Crippen molar-refractivity contribution >= 4 is 0 Å². The van der Waals surface area contributed by atoms with E-state index in [0.29, 0.717) is 26.0 Å². The molecule has 0 aromatic carbocycles. The largest absolute Gasteiger partial charge is 0.340 e. The second-order valence-electron chi connectivity index (χ2n) is 7.47. The molecule has 0 atom stereocenters. The fraction of sp³-hybridized carbons (Fsp3) is 0.400. The van der Waals surface area contributed by atoms with E-state index >= 15 is 0 Å². The van der Waals surface area contributed by atoms with Crippen LogP contribution < -0.4 is 0 Å². The van der Waals surface area contributed by atoms with Crippen molar-refractivity contribution in [3.05, 3.63) is 69.9 Å². The molecule has 0 aliphatic heterocycles. The predicted molar refractivity (Wildman–Crippen MR) is 89.5 cm³/mol. The number of hydrogen-bond acceptors (Lipinski definition) is 0. The molecule has 176 valence electrons. The van der Waals surface area contributed by atoms with Crippen LogP contribution in [0, 0.1) is 0 Å². The van der Waals surface area contributed by atoms with Gasteiger partial charge in [0.05, 0.1) is 0 Å². The van der Waals surface area contributed by atoms with Gasteiger partial charge in [0.15, 0.2) is 0 Å². The summed E-state index contributed by atoms with van der Waals surface area (Å²) in [5.74, 6) is -32.1. The molecule has 0 saturated carbocycles. The molecule has 0 amide bonds. The van der Waals surface area contributed by atoms with Gasteiger partial charge in [0, 0.05) is 33.4 Å².